The molecular formula is C13H11Cl2NO2S. The van der Waals surface area contributed by atoms with Gasteiger partial charge in [0.1, 0.15) is 0 Å². The van der Waals surface area contributed by atoms with Crippen molar-refractivity contribution in [1.82, 2.24) is 4.98 Å². The minimum absolute atomic E-state index is 0.377. The molecule has 1 heterocycles. The van der Waals surface area contributed by atoms with Gasteiger partial charge in [0.2, 0.25) is 0 Å². The number of esters is 1. The molecule has 0 aliphatic rings. The highest BCUT2D eigenvalue weighted by Gasteiger charge is 2.16. The van der Waals surface area contributed by atoms with Crippen LogP contribution in [-0.2, 0) is 11.2 Å². The van der Waals surface area contributed by atoms with Gasteiger partial charge in [0.05, 0.1) is 22.2 Å². The molecule has 0 bridgehead atoms. The van der Waals surface area contributed by atoms with Crippen molar-refractivity contribution in [2.75, 3.05) is 7.11 Å². The summed E-state index contributed by atoms with van der Waals surface area (Å²) in [7, 11) is 1.35. The highest BCUT2D eigenvalue weighted by atomic mass is 35.5. The highest BCUT2D eigenvalue weighted by molar-refractivity contribution is 7.11. The Morgan fingerprint density at radius 3 is 2.74 bits per heavy atom. The predicted octanol–water partition coefficient (Wildman–Crippen LogP) is 4.14. The Morgan fingerprint density at radius 2 is 2.11 bits per heavy atom. The molecule has 0 spiro atoms. The van der Waals surface area contributed by atoms with Crippen molar-refractivity contribution in [2.24, 2.45) is 0 Å². The van der Waals surface area contributed by atoms with Gasteiger partial charge in [-0.2, -0.15) is 0 Å². The third-order valence-electron chi connectivity index (χ3n) is 2.56. The van der Waals surface area contributed by atoms with Crippen molar-refractivity contribution in [3.63, 3.8) is 0 Å². The average Bonchev–Trinajstić information content (AvgIpc) is 2.74. The first-order valence-corrected chi connectivity index (χ1v) is 7.07. The SMILES string of the molecule is COC(=O)c1nc(Cc2ccc(Cl)c(Cl)c2)sc1C. The third-order valence-corrected chi connectivity index (χ3v) is 4.27. The first-order valence-electron chi connectivity index (χ1n) is 5.50. The van der Waals surface area contributed by atoms with Crippen molar-refractivity contribution in [1.29, 1.82) is 0 Å². The Bertz CT molecular complexity index is 625. The standard InChI is InChI=1S/C13H11Cl2NO2S/c1-7-12(13(17)18-2)16-11(19-7)6-8-3-4-9(14)10(15)5-8/h3-5H,6H2,1-2H3. The van der Waals surface area contributed by atoms with Crippen LogP contribution in [0.15, 0.2) is 18.2 Å². The summed E-state index contributed by atoms with van der Waals surface area (Å²) < 4.78 is 4.68. The molecule has 2 rings (SSSR count). The first kappa shape index (κ1) is 14.3. The van der Waals surface area contributed by atoms with Gasteiger partial charge in [-0.3, -0.25) is 0 Å². The maximum atomic E-state index is 11.5. The van der Waals surface area contributed by atoms with E-state index >= 15 is 0 Å². The molecular weight excluding hydrogens is 305 g/mol. The van der Waals surface area contributed by atoms with E-state index < -0.39 is 5.97 Å². The summed E-state index contributed by atoms with van der Waals surface area (Å²) >= 11 is 13.3. The molecule has 0 aliphatic carbocycles. The number of aromatic nitrogens is 1. The topological polar surface area (TPSA) is 39.2 Å². The summed E-state index contributed by atoms with van der Waals surface area (Å²) in [6, 6.07) is 5.45. The monoisotopic (exact) mass is 315 g/mol. The summed E-state index contributed by atoms with van der Waals surface area (Å²) in [5.41, 5.74) is 1.38. The number of thiazole rings is 1. The van der Waals surface area contributed by atoms with Crippen molar-refractivity contribution in [2.45, 2.75) is 13.3 Å². The van der Waals surface area contributed by atoms with Crippen LogP contribution in [0.2, 0.25) is 10.0 Å². The molecule has 19 heavy (non-hydrogen) atoms. The van der Waals surface area contributed by atoms with Crippen LogP contribution in [0.1, 0.15) is 25.9 Å². The van der Waals surface area contributed by atoms with Crippen molar-refractivity contribution in [3.8, 4) is 0 Å². The summed E-state index contributed by atoms with van der Waals surface area (Å²) in [6.45, 7) is 1.85. The van der Waals surface area contributed by atoms with Crippen LogP contribution in [0.4, 0.5) is 0 Å². The van der Waals surface area contributed by atoms with Crippen LogP contribution in [0.25, 0.3) is 0 Å². The minimum Gasteiger partial charge on any atom is -0.464 e. The molecule has 100 valence electrons. The molecule has 0 fully saturated rings. The molecule has 0 unspecified atom stereocenters. The molecule has 2 aromatic rings. The minimum atomic E-state index is -0.408. The Kier molecular flexibility index (Phi) is 4.45. The molecule has 6 heteroatoms. The van der Waals surface area contributed by atoms with Crippen LogP contribution in [-0.4, -0.2) is 18.1 Å². The number of carbonyl (C=O) groups excluding carboxylic acids is 1. The number of methoxy groups -OCH3 is 1. The van der Waals surface area contributed by atoms with E-state index in [4.69, 9.17) is 23.2 Å². The van der Waals surface area contributed by atoms with Crippen molar-refractivity contribution >= 4 is 40.5 Å². The van der Waals surface area contributed by atoms with Crippen LogP contribution >= 0.6 is 34.5 Å². The fourth-order valence-corrected chi connectivity index (χ4v) is 2.91. The average molecular weight is 316 g/mol. The number of halogens is 2. The first-order chi connectivity index (χ1) is 9.01. The van der Waals surface area contributed by atoms with Gasteiger partial charge < -0.3 is 4.74 Å². The molecule has 3 nitrogen and oxygen atoms in total. The van der Waals surface area contributed by atoms with E-state index in [1.54, 1.807) is 12.1 Å². The molecule has 0 radical (unpaired) electrons. The molecule has 1 aromatic carbocycles. The molecule has 0 N–H and O–H groups in total. The van der Waals surface area contributed by atoms with Gasteiger partial charge in [-0.05, 0) is 24.6 Å². The summed E-state index contributed by atoms with van der Waals surface area (Å²) in [4.78, 5) is 16.6. The number of aryl methyl sites for hydroxylation is 1. The molecule has 1 aromatic heterocycles. The van der Waals surface area contributed by atoms with E-state index in [2.05, 4.69) is 9.72 Å². The quantitative estimate of drug-likeness (QED) is 0.799. The van der Waals surface area contributed by atoms with Gasteiger partial charge in [0.25, 0.3) is 0 Å². The van der Waals surface area contributed by atoms with Gasteiger partial charge in [-0.25, -0.2) is 9.78 Å². The Hall–Kier alpha value is -1.10. The highest BCUT2D eigenvalue weighted by Crippen LogP contribution is 2.26. The second kappa shape index (κ2) is 5.90. The van der Waals surface area contributed by atoms with Crippen LogP contribution in [0.5, 0.6) is 0 Å². The summed E-state index contributed by atoms with van der Waals surface area (Å²) in [5, 5.41) is 1.88. The zero-order valence-electron chi connectivity index (χ0n) is 10.4. The summed E-state index contributed by atoms with van der Waals surface area (Å²) in [5.74, 6) is -0.408. The van der Waals surface area contributed by atoms with E-state index in [0.29, 0.717) is 22.2 Å². The summed E-state index contributed by atoms with van der Waals surface area (Å²) in [6.07, 6.45) is 0.611. The van der Waals surface area contributed by atoms with E-state index in [1.165, 1.54) is 18.4 Å². The largest absolute Gasteiger partial charge is 0.464 e. The van der Waals surface area contributed by atoms with Gasteiger partial charge in [0.15, 0.2) is 5.69 Å². The lowest BCUT2D eigenvalue weighted by Gasteiger charge is -2.00. The molecule has 0 saturated heterocycles. The fraction of sp³-hybridized carbons (Fsp3) is 0.231. The second-order valence-corrected chi connectivity index (χ2v) is 6.03. The lowest BCUT2D eigenvalue weighted by molar-refractivity contribution is 0.0594. The van der Waals surface area contributed by atoms with Gasteiger partial charge >= 0.3 is 5.97 Å². The number of hydrogen-bond acceptors (Lipinski definition) is 4. The normalized spacial score (nSPS) is 10.5. The number of carbonyl (C=O) groups is 1. The van der Waals surface area contributed by atoms with E-state index in [1.807, 2.05) is 13.0 Å². The Balaban J connectivity index is 2.24. The van der Waals surface area contributed by atoms with Crippen molar-refractivity contribution < 1.29 is 9.53 Å². The Labute approximate surface area is 125 Å². The van der Waals surface area contributed by atoms with Crippen LogP contribution in [0.3, 0.4) is 0 Å². The van der Waals surface area contributed by atoms with Crippen LogP contribution < -0.4 is 0 Å². The zero-order valence-corrected chi connectivity index (χ0v) is 12.7. The number of hydrogen-bond donors (Lipinski definition) is 0. The number of nitrogens with zero attached hydrogens (tertiary/aromatic N) is 1. The lowest BCUT2D eigenvalue weighted by Crippen LogP contribution is -2.03. The fourth-order valence-electron chi connectivity index (χ4n) is 1.64. The van der Waals surface area contributed by atoms with Crippen LogP contribution in [0, 0.1) is 6.92 Å². The number of benzene rings is 1. The Morgan fingerprint density at radius 1 is 1.37 bits per heavy atom. The number of rotatable bonds is 3. The third kappa shape index (κ3) is 3.26. The smallest absolute Gasteiger partial charge is 0.357 e. The van der Waals surface area contributed by atoms with E-state index in [9.17, 15) is 4.79 Å². The predicted molar refractivity (Wildman–Crippen MR) is 77.5 cm³/mol. The van der Waals surface area contributed by atoms with E-state index in [0.717, 1.165) is 15.4 Å². The maximum Gasteiger partial charge on any atom is 0.357 e. The molecule has 0 aliphatic heterocycles. The van der Waals surface area contributed by atoms with Gasteiger partial charge in [-0.15, -0.1) is 11.3 Å². The zero-order chi connectivity index (χ0) is 14.0. The molecule has 0 saturated carbocycles. The molecule has 0 atom stereocenters. The molecule has 0 amide bonds. The van der Waals surface area contributed by atoms with Gasteiger partial charge in [-0.1, -0.05) is 29.3 Å². The van der Waals surface area contributed by atoms with Gasteiger partial charge in [0, 0.05) is 11.3 Å². The van der Waals surface area contributed by atoms with Crippen molar-refractivity contribution in [3.05, 3.63) is 49.4 Å². The van der Waals surface area contributed by atoms with E-state index in [-0.39, 0.29) is 0 Å². The number of ether oxygens (including phenoxy) is 1. The lowest BCUT2D eigenvalue weighted by atomic mass is 10.2. The second-order valence-electron chi connectivity index (χ2n) is 3.93. The maximum absolute atomic E-state index is 11.5.